The zero-order valence-corrected chi connectivity index (χ0v) is 15.8. The van der Waals surface area contributed by atoms with E-state index in [0.717, 1.165) is 55.3 Å². The molecule has 4 rings (SSSR count). The summed E-state index contributed by atoms with van der Waals surface area (Å²) in [6, 6.07) is 4.37. The van der Waals surface area contributed by atoms with Crippen LogP contribution in [0.15, 0.2) is 29.7 Å². The molecule has 2 aliphatic rings. The van der Waals surface area contributed by atoms with Crippen molar-refractivity contribution >= 4 is 17.7 Å². The first kappa shape index (κ1) is 17.5. The van der Waals surface area contributed by atoms with E-state index in [1.54, 1.807) is 6.20 Å². The number of likely N-dealkylation sites (tertiary alicyclic amines) is 1. The fourth-order valence-electron chi connectivity index (χ4n) is 3.92. The van der Waals surface area contributed by atoms with Crippen LogP contribution in [0.25, 0.3) is 11.4 Å². The lowest BCUT2D eigenvalue weighted by Crippen LogP contribution is -2.29. The highest BCUT2D eigenvalue weighted by atomic mass is 32.2. The van der Waals surface area contributed by atoms with Crippen LogP contribution in [0.3, 0.4) is 0 Å². The lowest BCUT2D eigenvalue weighted by molar-refractivity contribution is -0.127. The predicted octanol–water partition coefficient (Wildman–Crippen LogP) is 3.56. The number of thioether (sulfide) groups is 1. The number of amides is 1. The Balaban J connectivity index is 1.57. The molecule has 0 spiro atoms. The largest absolute Gasteiger partial charge is 0.342 e. The second kappa shape index (κ2) is 8.20. The van der Waals surface area contributed by atoms with Crippen LogP contribution in [0, 0.1) is 0 Å². The zero-order valence-electron chi connectivity index (χ0n) is 15.0. The lowest BCUT2D eigenvalue weighted by atomic mass is 9.95. The van der Waals surface area contributed by atoms with E-state index < -0.39 is 0 Å². The van der Waals surface area contributed by atoms with Gasteiger partial charge in [-0.3, -0.25) is 14.3 Å². The van der Waals surface area contributed by atoms with Crippen LogP contribution >= 0.6 is 11.8 Å². The fourth-order valence-corrected chi connectivity index (χ4v) is 4.83. The van der Waals surface area contributed by atoms with Gasteiger partial charge >= 0.3 is 0 Å². The van der Waals surface area contributed by atoms with E-state index in [1.165, 1.54) is 31.0 Å². The van der Waals surface area contributed by atoms with E-state index in [0.29, 0.717) is 11.8 Å². The average Bonchev–Trinajstić information content (AvgIpc) is 3.37. The van der Waals surface area contributed by atoms with Crippen molar-refractivity contribution in [1.82, 2.24) is 24.6 Å². The summed E-state index contributed by atoms with van der Waals surface area (Å²) in [4.78, 5) is 18.6. The van der Waals surface area contributed by atoms with E-state index in [2.05, 4.69) is 19.7 Å². The van der Waals surface area contributed by atoms with Gasteiger partial charge < -0.3 is 4.90 Å². The predicted molar refractivity (Wildman–Crippen MR) is 102 cm³/mol. The number of hydrogen-bond donors (Lipinski definition) is 0. The summed E-state index contributed by atoms with van der Waals surface area (Å²) >= 11 is 1.53. The minimum Gasteiger partial charge on any atom is -0.342 e. The summed E-state index contributed by atoms with van der Waals surface area (Å²) in [6.07, 6.45) is 12.0. The van der Waals surface area contributed by atoms with Gasteiger partial charge in [-0.15, -0.1) is 10.2 Å². The molecule has 1 amide bonds. The van der Waals surface area contributed by atoms with Crippen molar-refractivity contribution < 1.29 is 4.79 Å². The number of nitrogens with zero attached hydrogens (tertiary/aromatic N) is 5. The Kier molecular flexibility index (Phi) is 5.53. The quantitative estimate of drug-likeness (QED) is 0.752. The Hall–Kier alpha value is -1.89. The molecule has 0 N–H and O–H groups in total. The van der Waals surface area contributed by atoms with Gasteiger partial charge in [0, 0.05) is 37.1 Å². The van der Waals surface area contributed by atoms with Gasteiger partial charge in [-0.05, 0) is 37.8 Å². The van der Waals surface area contributed by atoms with Gasteiger partial charge in [0.1, 0.15) is 0 Å². The van der Waals surface area contributed by atoms with Crippen LogP contribution in [0.2, 0.25) is 0 Å². The van der Waals surface area contributed by atoms with E-state index >= 15 is 0 Å². The van der Waals surface area contributed by atoms with Crippen LogP contribution in [0.1, 0.15) is 51.0 Å². The van der Waals surface area contributed by atoms with Crippen molar-refractivity contribution in [3.8, 4) is 11.4 Å². The summed E-state index contributed by atoms with van der Waals surface area (Å²) in [5.74, 6) is 1.53. The van der Waals surface area contributed by atoms with E-state index in [9.17, 15) is 4.79 Å². The highest BCUT2D eigenvalue weighted by Crippen LogP contribution is 2.35. The van der Waals surface area contributed by atoms with Gasteiger partial charge in [0.15, 0.2) is 11.0 Å². The summed E-state index contributed by atoms with van der Waals surface area (Å²) in [5.41, 5.74) is 0.989. The van der Waals surface area contributed by atoms with Crippen LogP contribution in [-0.4, -0.2) is 49.4 Å². The highest BCUT2D eigenvalue weighted by molar-refractivity contribution is 7.99. The number of hydrogen-bond acceptors (Lipinski definition) is 5. The standard InChI is InChI=1S/C19H25N5OS/c25-17(23-11-4-5-12-23)14-26-19-22-21-18(15-7-6-10-20-13-15)24(19)16-8-2-1-3-9-16/h6-7,10,13,16H,1-5,8-9,11-12,14H2. The number of carbonyl (C=O) groups is 1. The molecule has 0 bridgehead atoms. The molecule has 1 saturated heterocycles. The van der Waals surface area contributed by atoms with Crippen molar-refractivity contribution in [2.45, 2.75) is 56.1 Å². The molecule has 0 atom stereocenters. The van der Waals surface area contributed by atoms with Gasteiger partial charge in [-0.1, -0.05) is 31.0 Å². The summed E-state index contributed by atoms with van der Waals surface area (Å²) in [6.45, 7) is 1.80. The topological polar surface area (TPSA) is 63.9 Å². The normalized spacial score (nSPS) is 18.4. The minimum atomic E-state index is 0.216. The van der Waals surface area contributed by atoms with E-state index in [-0.39, 0.29) is 5.91 Å². The van der Waals surface area contributed by atoms with Crippen molar-refractivity contribution in [3.05, 3.63) is 24.5 Å². The molecule has 2 fully saturated rings. The van der Waals surface area contributed by atoms with Gasteiger partial charge in [-0.2, -0.15) is 0 Å². The van der Waals surface area contributed by atoms with Gasteiger partial charge in [0.05, 0.1) is 5.75 Å². The van der Waals surface area contributed by atoms with E-state index in [4.69, 9.17) is 0 Å². The molecule has 0 radical (unpaired) electrons. The Bertz CT molecular complexity index is 736. The highest BCUT2D eigenvalue weighted by Gasteiger charge is 2.25. The third-order valence-corrected chi connectivity index (χ3v) is 6.24. The SMILES string of the molecule is O=C(CSc1nnc(-c2cccnc2)n1C1CCCCC1)N1CCCC1. The maximum Gasteiger partial charge on any atom is 0.233 e. The maximum atomic E-state index is 12.4. The molecule has 0 aromatic carbocycles. The molecule has 2 aromatic heterocycles. The zero-order chi connectivity index (χ0) is 17.8. The monoisotopic (exact) mass is 371 g/mol. The van der Waals surface area contributed by atoms with E-state index in [1.807, 2.05) is 23.2 Å². The third kappa shape index (κ3) is 3.77. The fraction of sp³-hybridized carbons (Fsp3) is 0.579. The average molecular weight is 372 g/mol. The smallest absolute Gasteiger partial charge is 0.233 e. The molecular formula is C19H25N5OS. The molecular weight excluding hydrogens is 346 g/mol. The molecule has 26 heavy (non-hydrogen) atoms. The molecule has 6 nitrogen and oxygen atoms in total. The Morgan fingerprint density at radius 1 is 1.12 bits per heavy atom. The molecule has 0 unspecified atom stereocenters. The van der Waals surface area contributed by atoms with Crippen LogP contribution in [0.5, 0.6) is 0 Å². The molecule has 138 valence electrons. The van der Waals surface area contributed by atoms with Gasteiger partial charge in [-0.25, -0.2) is 0 Å². The number of pyridine rings is 1. The van der Waals surface area contributed by atoms with Crippen molar-refractivity contribution in [3.63, 3.8) is 0 Å². The molecule has 2 aromatic rings. The molecule has 1 aliphatic heterocycles. The first-order valence-electron chi connectivity index (χ1n) is 9.59. The molecule has 1 saturated carbocycles. The van der Waals surface area contributed by atoms with Crippen molar-refractivity contribution in [2.24, 2.45) is 0 Å². The lowest BCUT2D eigenvalue weighted by Gasteiger charge is -2.25. The first-order chi connectivity index (χ1) is 12.8. The molecule has 3 heterocycles. The van der Waals surface area contributed by atoms with Crippen LogP contribution < -0.4 is 0 Å². The molecule has 1 aliphatic carbocycles. The minimum absolute atomic E-state index is 0.216. The number of carbonyl (C=O) groups excluding carboxylic acids is 1. The van der Waals surface area contributed by atoms with Gasteiger partial charge in [0.25, 0.3) is 0 Å². The number of aromatic nitrogens is 4. The van der Waals surface area contributed by atoms with Crippen LogP contribution in [-0.2, 0) is 4.79 Å². The van der Waals surface area contributed by atoms with Gasteiger partial charge in [0.2, 0.25) is 5.91 Å². The summed E-state index contributed by atoms with van der Waals surface area (Å²) < 4.78 is 2.26. The second-order valence-electron chi connectivity index (χ2n) is 7.09. The second-order valence-corrected chi connectivity index (χ2v) is 8.03. The maximum absolute atomic E-state index is 12.4. The van der Waals surface area contributed by atoms with Crippen LogP contribution in [0.4, 0.5) is 0 Å². The third-order valence-electron chi connectivity index (χ3n) is 5.31. The summed E-state index contributed by atoms with van der Waals surface area (Å²) in [7, 11) is 0. The first-order valence-corrected chi connectivity index (χ1v) is 10.6. The summed E-state index contributed by atoms with van der Waals surface area (Å²) in [5, 5.41) is 9.77. The molecule has 7 heteroatoms. The number of rotatable bonds is 5. The Morgan fingerprint density at radius 2 is 1.92 bits per heavy atom. The van der Waals surface area contributed by atoms with Crippen molar-refractivity contribution in [1.29, 1.82) is 0 Å². The van der Waals surface area contributed by atoms with Crippen molar-refractivity contribution in [2.75, 3.05) is 18.8 Å². The Labute approximate surface area is 158 Å². The Morgan fingerprint density at radius 3 is 2.65 bits per heavy atom.